The summed E-state index contributed by atoms with van der Waals surface area (Å²) < 4.78 is 37.8. The number of likely N-dealkylation sites (tertiary alicyclic amines) is 1. The molecular formula is C38H45N5O8S. The fraction of sp³-hybridized carbons (Fsp3) is 0.421. The zero-order valence-electron chi connectivity index (χ0n) is 29.9. The zero-order valence-corrected chi connectivity index (χ0v) is 30.7. The molecule has 0 unspecified atom stereocenters. The average Bonchev–Trinajstić information content (AvgIpc) is 3.54. The van der Waals surface area contributed by atoms with Crippen molar-refractivity contribution in [2.24, 2.45) is 5.92 Å². The molecule has 0 saturated carbocycles. The normalized spacial score (nSPS) is 14.5. The van der Waals surface area contributed by atoms with E-state index in [-0.39, 0.29) is 44.0 Å². The molecule has 276 valence electrons. The van der Waals surface area contributed by atoms with Crippen molar-refractivity contribution in [3.8, 4) is 0 Å². The highest BCUT2D eigenvalue weighted by Gasteiger charge is 2.36. The summed E-state index contributed by atoms with van der Waals surface area (Å²) in [7, 11) is -3.83. The number of fused-ring (bicyclic) bond motifs is 1. The molecule has 5 rings (SSSR count). The molecule has 4 aromatic rings. The number of nitrogens with one attached hydrogen (secondary N) is 1. The molecule has 1 saturated heterocycles. The van der Waals surface area contributed by atoms with Gasteiger partial charge in [0.1, 0.15) is 11.1 Å². The molecule has 3 heterocycles. The highest BCUT2D eigenvalue weighted by atomic mass is 32.2. The van der Waals surface area contributed by atoms with Gasteiger partial charge >= 0.3 is 12.1 Å². The number of carbonyl (C=O) groups is 4. The number of benzene rings is 2. The lowest BCUT2D eigenvalue weighted by Gasteiger charge is -2.34. The topological polar surface area (TPSA) is 169 Å². The number of hydrogen-bond donors (Lipinski definition) is 1. The van der Waals surface area contributed by atoms with E-state index in [0.717, 1.165) is 10.5 Å². The number of para-hydroxylation sites is 2. The highest BCUT2D eigenvalue weighted by Crippen LogP contribution is 2.23. The number of nitrogens with zero attached hydrogens (tertiary/aromatic N) is 4. The van der Waals surface area contributed by atoms with E-state index >= 15 is 0 Å². The number of sulfone groups is 1. The molecule has 52 heavy (non-hydrogen) atoms. The maximum Gasteiger partial charge on any atom is 0.410 e. The summed E-state index contributed by atoms with van der Waals surface area (Å²) in [6.45, 7) is 7.04. The molecule has 0 bridgehead atoms. The van der Waals surface area contributed by atoms with Gasteiger partial charge in [0.05, 0.1) is 23.2 Å². The summed E-state index contributed by atoms with van der Waals surface area (Å²) in [6, 6.07) is 19.3. The van der Waals surface area contributed by atoms with E-state index in [4.69, 9.17) is 9.15 Å². The van der Waals surface area contributed by atoms with Crippen LogP contribution >= 0.6 is 0 Å². The van der Waals surface area contributed by atoms with Gasteiger partial charge in [0.15, 0.2) is 15.4 Å². The number of ether oxygens (including phenoxy) is 1. The van der Waals surface area contributed by atoms with Crippen LogP contribution < -0.4 is 5.32 Å². The number of urea groups is 1. The molecule has 2 aromatic heterocycles. The van der Waals surface area contributed by atoms with Crippen LogP contribution in [-0.4, -0.2) is 89.0 Å². The molecular weight excluding hydrogens is 687 g/mol. The fourth-order valence-electron chi connectivity index (χ4n) is 5.95. The van der Waals surface area contributed by atoms with Crippen molar-refractivity contribution in [1.82, 2.24) is 25.1 Å². The van der Waals surface area contributed by atoms with Crippen molar-refractivity contribution in [2.45, 2.75) is 70.8 Å². The van der Waals surface area contributed by atoms with Gasteiger partial charge in [-0.05, 0) is 83.2 Å². The molecule has 14 heteroatoms. The molecule has 1 aliphatic heterocycles. The van der Waals surface area contributed by atoms with Gasteiger partial charge in [-0.2, -0.15) is 0 Å². The zero-order chi connectivity index (χ0) is 37.5. The summed E-state index contributed by atoms with van der Waals surface area (Å²) >= 11 is 0. The van der Waals surface area contributed by atoms with E-state index in [9.17, 15) is 27.6 Å². The second kappa shape index (κ2) is 16.5. The van der Waals surface area contributed by atoms with Crippen molar-refractivity contribution in [1.29, 1.82) is 0 Å². The SMILES string of the molecule is Cc1cccc(CS(=O)(=O)CCN(C(=O)N[C@@H](CCc2ccccc2)C(=O)c2nc3ccccc3o2)C(=O)C2CCN(C(=O)OC(C)(C)C)CC2)n1. The van der Waals surface area contributed by atoms with Gasteiger partial charge in [-0.1, -0.05) is 48.5 Å². The third kappa shape index (κ3) is 10.5. The Kier molecular flexibility index (Phi) is 12.1. The first-order chi connectivity index (χ1) is 24.7. The Bertz CT molecular complexity index is 1970. The Morgan fingerprint density at radius 1 is 0.962 bits per heavy atom. The maximum absolute atomic E-state index is 14.1. The number of aryl methyl sites for hydroxylation is 2. The summed E-state index contributed by atoms with van der Waals surface area (Å²) in [6.07, 6.45) is 0.540. The number of piperidine rings is 1. The lowest BCUT2D eigenvalue weighted by molar-refractivity contribution is -0.133. The molecule has 2 aromatic carbocycles. The molecule has 0 spiro atoms. The monoisotopic (exact) mass is 731 g/mol. The molecule has 13 nitrogen and oxygen atoms in total. The van der Waals surface area contributed by atoms with E-state index in [1.807, 2.05) is 30.3 Å². The first-order valence-electron chi connectivity index (χ1n) is 17.3. The molecule has 1 fully saturated rings. The van der Waals surface area contributed by atoms with Crippen LogP contribution in [0.5, 0.6) is 0 Å². The van der Waals surface area contributed by atoms with Crippen LogP contribution in [0.1, 0.15) is 67.7 Å². The summed E-state index contributed by atoms with van der Waals surface area (Å²) in [5, 5.41) is 2.72. The largest absolute Gasteiger partial charge is 0.444 e. The summed E-state index contributed by atoms with van der Waals surface area (Å²) in [5.41, 5.74) is 2.12. The quantitative estimate of drug-likeness (QED) is 0.183. The van der Waals surface area contributed by atoms with Crippen LogP contribution in [0.4, 0.5) is 9.59 Å². The van der Waals surface area contributed by atoms with E-state index in [0.29, 0.717) is 28.9 Å². The molecule has 1 aliphatic rings. The van der Waals surface area contributed by atoms with Gasteiger partial charge in [0.2, 0.25) is 11.7 Å². The Balaban J connectivity index is 1.37. The predicted octanol–water partition coefficient (Wildman–Crippen LogP) is 5.52. The molecule has 0 aliphatic carbocycles. The fourth-order valence-corrected chi connectivity index (χ4v) is 7.17. The standard InChI is InChI=1S/C38H45N5O8S/c1-26-11-10-14-29(39-26)25-52(48,49)24-23-43(35(45)28-19-21-42(22-20-28)37(47)51-38(2,3)4)36(46)41-31(18-17-27-12-6-5-7-13-27)33(44)34-40-30-15-8-9-16-32(30)50-34/h5-16,28,31H,17-25H2,1-4H3,(H,41,46)/t31-/m0/s1. The first kappa shape index (κ1) is 38.1. The number of amides is 4. The Morgan fingerprint density at radius 2 is 1.65 bits per heavy atom. The number of oxazole rings is 1. The molecule has 1 atom stereocenters. The summed E-state index contributed by atoms with van der Waals surface area (Å²) in [5.74, 6) is -2.95. The number of aromatic nitrogens is 2. The second-order valence-electron chi connectivity index (χ2n) is 14.0. The van der Waals surface area contributed by atoms with Crippen molar-refractivity contribution < 1.29 is 36.7 Å². The van der Waals surface area contributed by atoms with Crippen molar-refractivity contribution in [3.63, 3.8) is 0 Å². The van der Waals surface area contributed by atoms with Crippen LogP contribution in [0.25, 0.3) is 11.1 Å². The average molecular weight is 732 g/mol. The molecule has 0 radical (unpaired) electrons. The first-order valence-corrected chi connectivity index (χ1v) is 19.2. The van der Waals surface area contributed by atoms with Crippen LogP contribution in [0.15, 0.2) is 77.2 Å². The van der Waals surface area contributed by atoms with Gasteiger partial charge in [0, 0.05) is 31.2 Å². The van der Waals surface area contributed by atoms with E-state index in [2.05, 4.69) is 15.3 Å². The maximum atomic E-state index is 14.1. The minimum Gasteiger partial charge on any atom is -0.444 e. The van der Waals surface area contributed by atoms with E-state index in [1.165, 1.54) is 4.90 Å². The minimum atomic E-state index is -3.83. The number of carbonyl (C=O) groups excluding carboxylic acids is 4. The number of rotatable bonds is 12. The van der Waals surface area contributed by atoms with Crippen molar-refractivity contribution in [3.05, 3.63) is 95.6 Å². The second-order valence-corrected chi connectivity index (χ2v) is 16.2. The predicted molar refractivity (Wildman–Crippen MR) is 194 cm³/mol. The number of pyridine rings is 1. The van der Waals surface area contributed by atoms with Gasteiger partial charge in [-0.25, -0.2) is 23.0 Å². The number of Topliss-reactive ketones (excluding diaryl/α,β-unsaturated/α-hetero) is 1. The Hall–Kier alpha value is -5.11. The lowest BCUT2D eigenvalue weighted by atomic mass is 9.95. The number of ketones is 1. The van der Waals surface area contributed by atoms with E-state index < -0.39 is 63.5 Å². The van der Waals surface area contributed by atoms with Crippen LogP contribution in [0.2, 0.25) is 0 Å². The van der Waals surface area contributed by atoms with Crippen molar-refractivity contribution >= 4 is 44.8 Å². The highest BCUT2D eigenvalue weighted by molar-refractivity contribution is 7.90. The Labute approximate surface area is 303 Å². The van der Waals surface area contributed by atoms with Gasteiger partial charge in [-0.15, -0.1) is 0 Å². The minimum absolute atomic E-state index is 0.154. The smallest absolute Gasteiger partial charge is 0.410 e. The van der Waals surface area contributed by atoms with E-state index in [1.54, 1.807) is 70.2 Å². The van der Waals surface area contributed by atoms with Crippen LogP contribution in [0.3, 0.4) is 0 Å². The lowest BCUT2D eigenvalue weighted by Crippen LogP contribution is -2.54. The third-order valence-electron chi connectivity index (χ3n) is 8.63. The van der Waals surface area contributed by atoms with Gasteiger partial charge in [0.25, 0.3) is 5.89 Å². The van der Waals surface area contributed by atoms with Crippen LogP contribution in [0, 0.1) is 12.8 Å². The van der Waals surface area contributed by atoms with Crippen molar-refractivity contribution in [2.75, 3.05) is 25.4 Å². The molecule has 1 N–H and O–H groups in total. The summed E-state index contributed by atoms with van der Waals surface area (Å²) in [4.78, 5) is 65.8. The van der Waals surface area contributed by atoms with Gasteiger partial charge < -0.3 is 19.4 Å². The van der Waals surface area contributed by atoms with Crippen LogP contribution in [-0.2, 0) is 31.5 Å². The molecule has 4 amide bonds. The number of imide groups is 1. The number of hydrogen-bond acceptors (Lipinski definition) is 10. The third-order valence-corrected chi connectivity index (χ3v) is 10.2. The Morgan fingerprint density at radius 3 is 2.33 bits per heavy atom. The van der Waals surface area contributed by atoms with Gasteiger partial charge in [-0.3, -0.25) is 19.5 Å².